The fraction of sp³-hybridized carbons (Fsp3) is 0.182. The van der Waals surface area contributed by atoms with Crippen LogP contribution in [0.5, 0.6) is 5.88 Å². The van der Waals surface area contributed by atoms with Crippen LogP contribution in [-0.2, 0) is 12.8 Å². The summed E-state index contributed by atoms with van der Waals surface area (Å²) in [4.78, 5) is 4.27. The summed E-state index contributed by atoms with van der Waals surface area (Å²) in [7, 11) is 0. The number of rotatable bonds is 4. The summed E-state index contributed by atoms with van der Waals surface area (Å²) >= 11 is 6.19. The summed E-state index contributed by atoms with van der Waals surface area (Å²) in [6.45, 7) is 2.95. The van der Waals surface area contributed by atoms with E-state index in [4.69, 9.17) is 16.3 Å². The van der Waals surface area contributed by atoms with E-state index in [1.54, 1.807) is 31.2 Å². The topological polar surface area (TPSA) is 39.9 Å². The van der Waals surface area contributed by atoms with Gasteiger partial charge in [0.25, 0.3) is 0 Å². The molecule has 0 aliphatic carbocycles. The van der Waals surface area contributed by atoms with E-state index >= 15 is 0 Å². The Balaban J connectivity index is 1.89. The van der Waals surface area contributed by atoms with Crippen LogP contribution >= 0.6 is 11.6 Å². The standard InChI is InChI=1S/C22H16ClF4N3O/c1-12-16(23)7-5-9-18(12)30-21-20(13(2)29-30)15(22(25,26)27)10-19(28-21)31-11-14-6-3-4-8-17(14)24/h3-10H,11H2,1-2H3. The lowest BCUT2D eigenvalue weighted by molar-refractivity contribution is -0.136. The Morgan fingerprint density at radius 2 is 1.81 bits per heavy atom. The molecule has 2 aromatic carbocycles. The summed E-state index contributed by atoms with van der Waals surface area (Å²) in [6, 6.07) is 11.7. The van der Waals surface area contributed by atoms with Crippen LogP contribution in [0, 0.1) is 19.7 Å². The third-order valence-electron chi connectivity index (χ3n) is 4.90. The Morgan fingerprint density at radius 3 is 2.52 bits per heavy atom. The van der Waals surface area contributed by atoms with Crippen molar-refractivity contribution in [2.45, 2.75) is 26.6 Å². The molecule has 0 aliphatic heterocycles. The lowest BCUT2D eigenvalue weighted by Crippen LogP contribution is -2.09. The van der Waals surface area contributed by atoms with Crippen molar-refractivity contribution in [1.29, 1.82) is 0 Å². The summed E-state index contributed by atoms with van der Waals surface area (Å²) in [5.41, 5.74) is 0.549. The molecule has 0 saturated carbocycles. The van der Waals surface area contributed by atoms with Crippen LogP contribution in [0.15, 0.2) is 48.5 Å². The van der Waals surface area contributed by atoms with E-state index in [0.29, 0.717) is 16.3 Å². The van der Waals surface area contributed by atoms with Crippen LogP contribution in [0.4, 0.5) is 17.6 Å². The Morgan fingerprint density at radius 1 is 1.06 bits per heavy atom. The lowest BCUT2D eigenvalue weighted by atomic mass is 10.1. The summed E-state index contributed by atoms with van der Waals surface area (Å²) in [5, 5.41) is 4.60. The van der Waals surface area contributed by atoms with Gasteiger partial charge in [-0.2, -0.15) is 23.3 Å². The SMILES string of the molecule is Cc1c(Cl)cccc1-n1nc(C)c2c(C(F)(F)F)cc(OCc3ccccc3F)nc21. The van der Waals surface area contributed by atoms with E-state index in [-0.39, 0.29) is 34.8 Å². The number of hydrogen-bond donors (Lipinski definition) is 0. The van der Waals surface area contributed by atoms with E-state index in [0.717, 1.165) is 6.07 Å². The minimum absolute atomic E-state index is 0.0266. The van der Waals surface area contributed by atoms with E-state index < -0.39 is 17.6 Å². The minimum Gasteiger partial charge on any atom is -0.473 e. The second-order valence-corrected chi connectivity index (χ2v) is 7.37. The quantitative estimate of drug-likeness (QED) is 0.337. The van der Waals surface area contributed by atoms with E-state index in [2.05, 4.69) is 10.1 Å². The van der Waals surface area contributed by atoms with Crippen molar-refractivity contribution in [3.05, 3.63) is 81.8 Å². The van der Waals surface area contributed by atoms with Crippen molar-refractivity contribution in [2.24, 2.45) is 0 Å². The van der Waals surface area contributed by atoms with Gasteiger partial charge >= 0.3 is 6.18 Å². The van der Waals surface area contributed by atoms with Gasteiger partial charge in [0.15, 0.2) is 5.65 Å². The normalized spacial score (nSPS) is 11.8. The van der Waals surface area contributed by atoms with Crippen LogP contribution in [0.3, 0.4) is 0 Å². The third-order valence-corrected chi connectivity index (χ3v) is 5.30. The number of pyridine rings is 1. The first-order valence-electron chi connectivity index (χ1n) is 9.26. The maximum absolute atomic E-state index is 13.9. The molecule has 0 atom stereocenters. The van der Waals surface area contributed by atoms with Crippen LogP contribution in [-0.4, -0.2) is 14.8 Å². The van der Waals surface area contributed by atoms with Crippen molar-refractivity contribution < 1.29 is 22.3 Å². The number of nitrogens with zero attached hydrogens (tertiary/aromatic N) is 3. The molecule has 160 valence electrons. The molecule has 0 aliphatic rings. The Kier molecular flexibility index (Phi) is 5.35. The molecule has 0 bridgehead atoms. The maximum atomic E-state index is 13.9. The monoisotopic (exact) mass is 449 g/mol. The molecule has 0 radical (unpaired) electrons. The van der Waals surface area contributed by atoms with Gasteiger partial charge < -0.3 is 4.74 Å². The van der Waals surface area contributed by atoms with E-state index in [1.165, 1.54) is 29.8 Å². The predicted molar refractivity (Wildman–Crippen MR) is 109 cm³/mol. The molecule has 4 rings (SSSR count). The lowest BCUT2D eigenvalue weighted by Gasteiger charge is -2.13. The predicted octanol–water partition coefficient (Wildman–Crippen LogP) is 6.43. The zero-order chi connectivity index (χ0) is 22.3. The molecule has 0 fully saturated rings. The second-order valence-electron chi connectivity index (χ2n) is 6.97. The first-order valence-corrected chi connectivity index (χ1v) is 9.64. The van der Waals surface area contributed by atoms with Crippen LogP contribution in [0.2, 0.25) is 5.02 Å². The second kappa shape index (κ2) is 7.85. The van der Waals surface area contributed by atoms with Crippen molar-refractivity contribution in [2.75, 3.05) is 0 Å². The zero-order valence-corrected chi connectivity index (χ0v) is 17.2. The van der Waals surface area contributed by atoms with Gasteiger partial charge in [-0.25, -0.2) is 9.07 Å². The largest absolute Gasteiger partial charge is 0.473 e. The molecular formula is C22H16ClF4N3O. The van der Waals surface area contributed by atoms with Crippen molar-refractivity contribution >= 4 is 22.6 Å². The Labute approximate surface area is 180 Å². The number of aromatic nitrogens is 3. The molecule has 0 saturated heterocycles. The van der Waals surface area contributed by atoms with Gasteiger partial charge in [0, 0.05) is 16.7 Å². The van der Waals surface area contributed by atoms with Crippen LogP contribution in [0.1, 0.15) is 22.4 Å². The highest BCUT2D eigenvalue weighted by Crippen LogP contribution is 2.39. The van der Waals surface area contributed by atoms with Crippen molar-refractivity contribution in [3.63, 3.8) is 0 Å². The van der Waals surface area contributed by atoms with E-state index in [1.807, 2.05) is 0 Å². The molecule has 0 amide bonds. The highest BCUT2D eigenvalue weighted by molar-refractivity contribution is 6.31. The first kappa shape index (κ1) is 21.1. The number of hydrogen-bond acceptors (Lipinski definition) is 3. The van der Waals surface area contributed by atoms with Gasteiger partial charge in [-0.3, -0.25) is 0 Å². The fourth-order valence-corrected chi connectivity index (χ4v) is 3.49. The van der Waals surface area contributed by atoms with Gasteiger partial charge in [0.2, 0.25) is 5.88 Å². The number of ether oxygens (including phenoxy) is 1. The molecule has 4 nitrogen and oxygen atoms in total. The first-order chi connectivity index (χ1) is 14.7. The van der Waals surface area contributed by atoms with Gasteiger partial charge in [0.05, 0.1) is 22.3 Å². The average molecular weight is 450 g/mol. The molecule has 0 spiro atoms. The van der Waals surface area contributed by atoms with E-state index in [9.17, 15) is 17.6 Å². The number of halogens is 5. The van der Waals surface area contributed by atoms with Gasteiger partial charge in [-0.1, -0.05) is 35.9 Å². The van der Waals surface area contributed by atoms with Gasteiger partial charge in [0.1, 0.15) is 12.4 Å². The molecule has 0 unspecified atom stereocenters. The summed E-state index contributed by atoms with van der Waals surface area (Å²) in [6.07, 6.45) is -4.67. The average Bonchev–Trinajstić information content (AvgIpc) is 3.04. The fourth-order valence-electron chi connectivity index (χ4n) is 3.32. The number of alkyl halides is 3. The van der Waals surface area contributed by atoms with Crippen LogP contribution < -0.4 is 4.74 Å². The molecule has 0 N–H and O–H groups in total. The highest BCUT2D eigenvalue weighted by Gasteiger charge is 2.36. The zero-order valence-electron chi connectivity index (χ0n) is 16.5. The molecule has 31 heavy (non-hydrogen) atoms. The Bertz CT molecular complexity index is 1280. The molecule has 9 heteroatoms. The van der Waals surface area contributed by atoms with Gasteiger partial charge in [-0.05, 0) is 37.6 Å². The molecule has 2 heterocycles. The van der Waals surface area contributed by atoms with Crippen molar-refractivity contribution in [3.8, 4) is 11.6 Å². The number of benzene rings is 2. The van der Waals surface area contributed by atoms with Crippen molar-refractivity contribution in [1.82, 2.24) is 14.8 Å². The summed E-state index contributed by atoms with van der Waals surface area (Å²) in [5.74, 6) is -0.807. The maximum Gasteiger partial charge on any atom is 0.417 e. The molecular weight excluding hydrogens is 434 g/mol. The number of aryl methyl sites for hydroxylation is 1. The molecule has 4 aromatic rings. The molecule has 2 aromatic heterocycles. The smallest absolute Gasteiger partial charge is 0.417 e. The number of fused-ring (bicyclic) bond motifs is 1. The van der Waals surface area contributed by atoms with Gasteiger partial charge in [-0.15, -0.1) is 0 Å². The Hall–Kier alpha value is -3.13. The van der Waals surface area contributed by atoms with Crippen LogP contribution in [0.25, 0.3) is 16.7 Å². The minimum atomic E-state index is -4.67. The third kappa shape index (κ3) is 3.95. The highest BCUT2D eigenvalue weighted by atomic mass is 35.5. The summed E-state index contributed by atoms with van der Waals surface area (Å²) < 4.78 is 62.2.